The van der Waals surface area contributed by atoms with Gasteiger partial charge in [0, 0.05) is 17.1 Å². The van der Waals surface area contributed by atoms with Gasteiger partial charge in [-0.3, -0.25) is 0 Å². The first-order valence-corrected chi connectivity index (χ1v) is 25.2. The summed E-state index contributed by atoms with van der Waals surface area (Å²) in [4.78, 5) is 2.53. The molecule has 9 aromatic rings. The molecular weight excluding hydrogens is 819 g/mol. The summed E-state index contributed by atoms with van der Waals surface area (Å²) in [5, 5.41) is 0. The molecule has 0 saturated heterocycles. The Morgan fingerprint density at radius 1 is 0.338 bits per heavy atom. The Bertz CT molecular complexity index is 3360. The molecule has 0 aliphatic heterocycles. The highest BCUT2D eigenvalue weighted by Gasteiger charge is 2.53. The summed E-state index contributed by atoms with van der Waals surface area (Å²) in [7, 11) is 0. The van der Waals surface area contributed by atoms with Gasteiger partial charge in [0.25, 0.3) is 0 Å². The minimum absolute atomic E-state index is 0.345. The van der Waals surface area contributed by atoms with Gasteiger partial charge in [0.15, 0.2) is 0 Å². The van der Waals surface area contributed by atoms with Gasteiger partial charge in [-0.2, -0.15) is 0 Å². The van der Waals surface area contributed by atoms with Gasteiger partial charge in [0.05, 0.1) is 5.41 Å². The zero-order chi connectivity index (χ0) is 45.1. The average molecular weight is 874 g/mol. The van der Waals surface area contributed by atoms with Crippen LogP contribution in [0.3, 0.4) is 0 Å². The van der Waals surface area contributed by atoms with Gasteiger partial charge >= 0.3 is 0 Å². The van der Waals surface area contributed by atoms with E-state index in [2.05, 4.69) is 225 Å². The van der Waals surface area contributed by atoms with Gasteiger partial charge in [-0.15, -0.1) is 0 Å². The molecule has 9 aromatic carbocycles. The van der Waals surface area contributed by atoms with Crippen molar-refractivity contribution in [1.82, 2.24) is 0 Å². The van der Waals surface area contributed by atoms with Gasteiger partial charge in [0.1, 0.15) is 0 Å². The second-order valence-corrected chi connectivity index (χ2v) is 21.2. The number of hydrogen-bond donors (Lipinski definition) is 0. The fourth-order valence-corrected chi connectivity index (χ4v) is 14.8. The molecule has 1 nitrogen and oxygen atoms in total. The zero-order valence-corrected chi connectivity index (χ0v) is 39.1. The van der Waals surface area contributed by atoms with Crippen LogP contribution in [-0.2, 0) is 10.8 Å². The molecule has 0 unspecified atom stereocenters. The highest BCUT2D eigenvalue weighted by molar-refractivity contribution is 5.97. The van der Waals surface area contributed by atoms with Crippen molar-refractivity contribution in [3.63, 3.8) is 0 Å². The predicted octanol–water partition coefficient (Wildman–Crippen LogP) is 17.6. The predicted molar refractivity (Wildman–Crippen MR) is 283 cm³/mol. The minimum atomic E-state index is -0.428. The van der Waals surface area contributed by atoms with Crippen LogP contribution in [0.15, 0.2) is 206 Å². The van der Waals surface area contributed by atoms with Crippen LogP contribution in [0.5, 0.6) is 0 Å². The fourth-order valence-electron chi connectivity index (χ4n) is 14.8. The summed E-state index contributed by atoms with van der Waals surface area (Å²) in [5.41, 5.74) is 25.9. The van der Waals surface area contributed by atoms with Crippen LogP contribution in [0.2, 0.25) is 0 Å². The second-order valence-electron chi connectivity index (χ2n) is 21.2. The zero-order valence-electron chi connectivity index (χ0n) is 39.1. The summed E-state index contributed by atoms with van der Waals surface area (Å²) >= 11 is 0. The number of hydrogen-bond acceptors (Lipinski definition) is 1. The van der Waals surface area contributed by atoms with Crippen molar-refractivity contribution < 1.29 is 0 Å². The highest BCUT2D eigenvalue weighted by atomic mass is 15.1. The van der Waals surface area contributed by atoms with Crippen molar-refractivity contribution in [2.24, 2.45) is 17.8 Å². The first-order valence-electron chi connectivity index (χ1n) is 25.2. The average Bonchev–Trinajstić information content (AvgIpc) is 3.82. The Morgan fingerprint density at radius 2 is 0.750 bits per heavy atom. The number of nitrogens with zero attached hydrogens (tertiary/aromatic N) is 1. The molecule has 6 aliphatic carbocycles. The molecule has 0 radical (unpaired) electrons. The molecule has 1 heteroatoms. The summed E-state index contributed by atoms with van der Waals surface area (Å²) in [5.74, 6) is 2.73. The number of rotatable bonds is 7. The van der Waals surface area contributed by atoms with Crippen molar-refractivity contribution in [2.75, 3.05) is 4.90 Å². The first kappa shape index (κ1) is 39.9. The minimum Gasteiger partial charge on any atom is -0.310 e. The maximum absolute atomic E-state index is 2.55. The number of anilines is 3. The molecule has 0 amide bonds. The fraction of sp³-hybridized carbons (Fsp3) is 0.194. The summed E-state index contributed by atoms with van der Waals surface area (Å²) in [6.45, 7) is 4.50. The van der Waals surface area contributed by atoms with Gasteiger partial charge in [-0.05, 0) is 195 Å². The van der Waals surface area contributed by atoms with Gasteiger partial charge < -0.3 is 4.90 Å². The van der Waals surface area contributed by atoms with E-state index in [0.717, 1.165) is 23.4 Å². The molecule has 0 heterocycles. The number of aryl methyl sites for hydroxylation is 2. The van der Waals surface area contributed by atoms with Crippen molar-refractivity contribution in [2.45, 2.75) is 63.2 Å². The lowest BCUT2D eigenvalue weighted by atomic mass is 9.48. The smallest absolute Gasteiger partial charge is 0.0726 e. The Balaban J connectivity index is 0.931. The molecule has 1 spiro atoms. The third-order valence-electron chi connectivity index (χ3n) is 17.2. The van der Waals surface area contributed by atoms with Gasteiger partial charge in [-0.1, -0.05) is 181 Å². The molecule has 4 fully saturated rings. The van der Waals surface area contributed by atoms with Crippen LogP contribution in [0, 0.1) is 31.6 Å². The molecule has 4 bridgehead atoms. The van der Waals surface area contributed by atoms with Crippen LogP contribution in [0.25, 0.3) is 55.6 Å². The lowest BCUT2D eigenvalue weighted by Gasteiger charge is -2.57. The molecule has 15 rings (SSSR count). The second kappa shape index (κ2) is 15.1. The molecule has 0 atom stereocenters. The Morgan fingerprint density at radius 3 is 1.31 bits per heavy atom. The lowest BCUT2D eigenvalue weighted by molar-refractivity contribution is -0.00518. The molecule has 6 aliphatic rings. The highest BCUT2D eigenvalue weighted by Crippen LogP contribution is 2.64. The van der Waals surface area contributed by atoms with Crippen LogP contribution in [-0.4, -0.2) is 0 Å². The van der Waals surface area contributed by atoms with E-state index in [-0.39, 0.29) is 0 Å². The van der Waals surface area contributed by atoms with E-state index in [1.54, 1.807) is 5.56 Å². The summed E-state index contributed by atoms with van der Waals surface area (Å²) in [6.07, 6.45) is 8.50. The SMILES string of the molecule is Cc1ccc2c(c1)C1(c3ccccc3-c3ccc(N(c4ccc(-c5ccccc5-c5ccccc5-c5ccccc5)cc4)c4ccc(C56CC7CC(CC(C7)C5)C6)cc4)cc31)c1cc(C)ccc1-2. The molecule has 328 valence electrons. The van der Waals surface area contributed by atoms with Crippen LogP contribution in [0.4, 0.5) is 17.1 Å². The van der Waals surface area contributed by atoms with E-state index in [1.165, 1.54) is 139 Å². The maximum Gasteiger partial charge on any atom is 0.0726 e. The van der Waals surface area contributed by atoms with Gasteiger partial charge in [-0.25, -0.2) is 0 Å². The largest absolute Gasteiger partial charge is 0.310 e. The van der Waals surface area contributed by atoms with E-state index < -0.39 is 5.41 Å². The third-order valence-corrected chi connectivity index (χ3v) is 17.2. The van der Waals surface area contributed by atoms with E-state index in [0.29, 0.717) is 5.41 Å². The lowest BCUT2D eigenvalue weighted by Crippen LogP contribution is -2.48. The molecule has 68 heavy (non-hydrogen) atoms. The first-order chi connectivity index (χ1) is 33.4. The van der Waals surface area contributed by atoms with E-state index in [1.807, 2.05) is 0 Å². The summed E-state index contributed by atoms with van der Waals surface area (Å²) < 4.78 is 0. The monoisotopic (exact) mass is 873 g/mol. The van der Waals surface area contributed by atoms with Crippen LogP contribution >= 0.6 is 0 Å². The van der Waals surface area contributed by atoms with Gasteiger partial charge in [0.2, 0.25) is 0 Å². The van der Waals surface area contributed by atoms with E-state index in [9.17, 15) is 0 Å². The Labute approximate surface area is 401 Å². The molecule has 4 saturated carbocycles. The third kappa shape index (κ3) is 5.94. The maximum atomic E-state index is 2.55. The quantitative estimate of drug-likeness (QED) is 0.154. The summed E-state index contributed by atoms with van der Waals surface area (Å²) in [6, 6.07) is 78.7. The van der Waals surface area contributed by atoms with Crippen LogP contribution in [0.1, 0.15) is 77.5 Å². The number of fused-ring (bicyclic) bond motifs is 10. The van der Waals surface area contributed by atoms with Crippen molar-refractivity contribution in [1.29, 1.82) is 0 Å². The topological polar surface area (TPSA) is 3.24 Å². The Kier molecular flexibility index (Phi) is 8.89. The molecular formula is C67H55N. The van der Waals surface area contributed by atoms with E-state index >= 15 is 0 Å². The Hall–Kier alpha value is -7.22. The van der Waals surface area contributed by atoms with Crippen LogP contribution < -0.4 is 4.90 Å². The molecule has 0 N–H and O–H groups in total. The van der Waals surface area contributed by atoms with E-state index in [4.69, 9.17) is 0 Å². The standard InChI is InChI=1S/C67H55N/c1-43-20-31-59-60-32-21-44(2)35-64(60)67(63(59)34-43)62-19-11-10-18-58(62)61-33-30-53(39-65(61)67)68(52-28-24-50(25-29-52)66-40-45-36-46(41-66)38-47(37-45)42-66)51-26-22-49(23-27-51)55-15-7-9-17-57(55)56-16-8-6-14-54(56)48-12-4-3-5-13-48/h3-35,39,45-47H,36-38,40-42H2,1-2H3. The number of benzene rings is 9. The van der Waals surface area contributed by atoms with Crippen molar-refractivity contribution in [3.8, 4) is 55.6 Å². The van der Waals surface area contributed by atoms with Crippen molar-refractivity contribution >= 4 is 17.1 Å². The normalized spacial score (nSPS) is 20.8. The van der Waals surface area contributed by atoms with Crippen molar-refractivity contribution in [3.05, 3.63) is 245 Å². The molecule has 0 aromatic heterocycles.